The van der Waals surface area contributed by atoms with Gasteiger partial charge >= 0.3 is 0 Å². The zero-order valence-corrected chi connectivity index (χ0v) is 11.4. The van der Waals surface area contributed by atoms with Crippen molar-refractivity contribution >= 4 is 12.1 Å². The molecule has 100 valence electrons. The number of carbonyl (C=O) groups excluding carboxylic acids is 1. The molecule has 0 atom stereocenters. The number of amides is 1. The van der Waals surface area contributed by atoms with Crippen molar-refractivity contribution in [3.05, 3.63) is 35.6 Å². The molecule has 0 spiro atoms. The van der Waals surface area contributed by atoms with Crippen molar-refractivity contribution in [2.45, 2.75) is 27.2 Å². The van der Waals surface area contributed by atoms with Crippen molar-refractivity contribution in [3.8, 4) is 0 Å². The second kappa shape index (κ2) is 8.28. The van der Waals surface area contributed by atoms with Gasteiger partial charge in [0.15, 0.2) is 0 Å². The highest BCUT2D eigenvalue weighted by atomic mass is 16.1. The molecule has 0 radical (unpaired) electrons. The predicted octanol–water partition coefficient (Wildman–Crippen LogP) is 1.93. The first kappa shape index (κ1) is 16.2. The van der Waals surface area contributed by atoms with Gasteiger partial charge in [0.2, 0.25) is 0 Å². The lowest BCUT2D eigenvalue weighted by Crippen LogP contribution is -2.19. The molecule has 0 bridgehead atoms. The maximum Gasteiger partial charge on any atom is 0.264 e. The molecule has 4 N–H and O–H groups in total. The normalized spacial score (nSPS) is 13.3. The van der Waals surface area contributed by atoms with Crippen molar-refractivity contribution in [2.75, 3.05) is 6.54 Å². The number of primary amides is 1. The summed E-state index contributed by atoms with van der Waals surface area (Å²) >= 11 is 0. The molecule has 4 heteroatoms. The molecule has 0 saturated heterocycles. The largest absolute Gasteiger partial charge is 0.395 e. The van der Waals surface area contributed by atoms with Crippen LogP contribution in [0.2, 0.25) is 0 Å². The molecule has 0 fully saturated rings. The van der Waals surface area contributed by atoms with E-state index in [0.29, 0.717) is 18.9 Å². The first-order valence-corrected chi connectivity index (χ1v) is 5.96. The lowest BCUT2D eigenvalue weighted by molar-refractivity contribution is -0.114. The summed E-state index contributed by atoms with van der Waals surface area (Å²) in [6.07, 6.45) is 5.88. The average Bonchev–Trinajstić information content (AvgIpc) is 2.30. The highest BCUT2D eigenvalue weighted by molar-refractivity contribution is 5.90. The van der Waals surface area contributed by atoms with Crippen LogP contribution in [0.4, 0.5) is 0 Å². The number of aliphatic imine (C=N–C) groups is 1. The molecule has 0 heterocycles. The summed E-state index contributed by atoms with van der Waals surface area (Å²) < 4.78 is 0. The van der Waals surface area contributed by atoms with E-state index >= 15 is 0 Å². The molecule has 0 aromatic carbocycles. The van der Waals surface area contributed by atoms with Gasteiger partial charge in [0.25, 0.3) is 5.91 Å². The first-order chi connectivity index (χ1) is 8.38. The molecule has 1 amide bonds. The number of rotatable bonds is 7. The average molecular weight is 249 g/mol. The zero-order valence-electron chi connectivity index (χ0n) is 11.4. The van der Waals surface area contributed by atoms with E-state index in [1.54, 1.807) is 12.3 Å². The van der Waals surface area contributed by atoms with Gasteiger partial charge in [0.1, 0.15) is 0 Å². The standard InChI is InChI=1S/C14H23N3O/c1-5-17-9-12(10(2)3)8-11(4)6-7-13(15)14(16)18/h5,7-8,10H,4,6,9,15H2,1-3H3,(H2,16,18)/b12-8+,13-7-,17-5?. The molecule has 0 aliphatic rings. The number of nitrogens with two attached hydrogens (primary N) is 2. The second-order valence-corrected chi connectivity index (χ2v) is 4.36. The molecule has 0 aromatic heterocycles. The van der Waals surface area contributed by atoms with E-state index in [0.717, 1.165) is 5.57 Å². The van der Waals surface area contributed by atoms with Crippen LogP contribution in [-0.2, 0) is 4.79 Å². The van der Waals surface area contributed by atoms with Crippen LogP contribution in [0.3, 0.4) is 0 Å². The Labute approximate surface area is 109 Å². The molecule has 4 nitrogen and oxygen atoms in total. The first-order valence-electron chi connectivity index (χ1n) is 5.96. The highest BCUT2D eigenvalue weighted by Crippen LogP contribution is 2.14. The summed E-state index contributed by atoms with van der Waals surface area (Å²) in [5.41, 5.74) is 12.6. The molecule has 0 rings (SSSR count). The Morgan fingerprint density at radius 1 is 1.39 bits per heavy atom. The van der Waals surface area contributed by atoms with Crippen LogP contribution >= 0.6 is 0 Å². The van der Waals surface area contributed by atoms with Gasteiger partial charge in [-0.25, -0.2) is 0 Å². The van der Waals surface area contributed by atoms with Gasteiger partial charge < -0.3 is 11.5 Å². The summed E-state index contributed by atoms with van der Waals surface area (Å²) in [7, 11) is 0. The Morgan fingerprint density at radius 2 is 2.00 bits per heavy atom. The smallest absolute Gasteiger partial charge is 0.264 e. The van der Waals surface area contributed by atoms with Gasteiger partial charge in [-0.05, 0) is 31.1 Å². The second-order valence-electron chi connectivity index (χ2n) is 4.36. The van der Waals surface area contributed by atoms with Crippen molar-refractivity contribution in [3.63, 3.8) is 0 Å². The third-order valence-electron chi connectivity index (χ3n) is 2.46. The fourth-order valence-corrected chi connectivity index (χ4v) is 1.25. The van der Waals surface area contributed by atoms with E-state index < -0.39 is 5.91 Å². The maximum absolute atomic E-state index is 10.7. The van der Waals surface area contributed by atoms with E-state index in [2.05, 4.69) is 25.4 Å². The van der Waals surface area contributed by atoms with Crippen molar-refractivity contribution in [1.82, 2.24) is 0 Å². The fourth-order valence-electron chi connectivity index (χ4n) is 1.25. The highest BCUT2D eigenvalue weighted by Gasteiger charge is 2.03. The maximum atomic E-state index is 10.7. The van der Waals surface area contributed by atoms with Crippen LogP contribution in [0.15, 0.2) is 40.6 Å². The number of hydrogen-bond acceptors (Lipinski definition) is 3. The predicted molar refractivity (Wildman–Crippen MR) is 77.2 cm³/mol. The van der Waals surface area contributed by atoms with E-state index in [1.807, 2.05) is 13.0 Å². The number of allylic oxidation sites excluding steroid dienone is 3. The van der Waals surface area contributed by atoms with Crippen LogP contribution in [-0.4, -0.2) is 18.7 Å². The van der Waals surface area contributed by atoms with E-state index in [9.17, 15) is 4.79 Å². The quantitative estimate of drug-likeness (QED) is 0.410. The lowest BCUT2D eigenvalue weighted by Gasteiger charge is -2.09. The molecular weight excluding hydrogens is 226 g/mol. The van der Waals surface area contributed by atoms with Gasteiger partial charge in [-0.15, -0.1) is 0 Å². The van der Waals surface area contributed by atoms with E-state index in [-0.39, 0.29) is 5.70 Å². The van der Waals surface area contributed by atoms with Crippen molar-refractivity contribution in [1.29, 1.82) is 0 Å². The monoisotopic (exact) mass is 249 g/mol. The molecule has 0 aliphatic heterocycles. The summed E-state index contributed by atoms with van der Waals surface area (Å²) in [4.78, 5) is 15.0. The summed E-state index contributed by atoms with van der Waals surface area (Å²) in [5, 5.41) is 0. The molecule has 0 aromatic rings. The Kier molecular flexibility index (Phi) is 7.43. The molecule has 0 aliphatic carbocycles. The van der Waals surface area contributed by atoms with Crippen molar-refractivity contribution in [2.24, 2.45) is 22.4 Å². The van der Waals surface area contributed by atoms with Crippen LogP contribution in [0.1, 0.15) is 27.2 Å². The lowest BCUT2D eigenvalue weighted by atomic mass is 9.99. The topological polar surface area (TPSA) is 81.5 Å². The Balaban J connectivity index is 4.66. The zero-order chi connectivity index (χ0) is 14.1. The molecule has 0 unspecified atom stereocenters. The van der Waals surface area contributed by atoms with Gasteiger partial charge in [-0.1, -0.05) is 38.2 Å². The van der Waals surface area contributed by atoms with Crippen molar-refractivity contribution < 1.29 is 4.79 Å². The van der Waals surface area contributed by atoms with Crippen LogP contribution in [0.5, 0.6) is 0 Å². The van der Waals surface area contributed by atoms with E-state index in [1.165, 1.54) is 5.57 Å². The minimum Gasteiger partial charge on any atom is -0.395 e. The Bertz CT molecular complexity index is 390. The third-order valence-corrected chi connectivity index (χ3v) is 2.46. The fraction of sp³-hybridized carbons (Fsp3) is 0.429. The number of carbonyl (C=O) groups is 1. The van der Waals surface area contributed by atoms with Gasteiger partial charge in [-0.3, -0.25) is 9.79 Å². The van der Waals surface area contributed by atoms with Gasteiger partial charge in [0, 0.05) is 0 Å². The van der Waals surface area contributed by atoms with Crippen LogP contribution in [0, 0.1) is 5.92 Å². The number of nitrogens with zero attached hydrogens (tertiary/aromatic N) is 1. The minimum absolute atomic E-state index is 0.0715. The molecule has 0 saturated carbocycles. The Morgan fingerprint density at radius 3 is 2.44 bits per heavy atom. The van der Waals surface area contributed by atoms with E-state index in [4.69, 9.17) is 11.5 Å². The third kappa shape index (κ3) is 6.68. The summed E-state index contributed by atoms with van der Waals surface area (Å²) in [6, 6.07) is 0. The molecular formula is C14H23N3O. The van der Waals surface area contributed by atoms with Gasteiger partial charge in [-0.2, -0.15) is 0 Å². The number of hydrogen-bond donors (Lipinski definition) is 2. The van der Waals surface area contributed by atoms with Gasteiger partial charge in [0.05, 0.1) is 12.2 Å². The Hall–Kier alpha value is -1.84. The summed E-state index contributed by atoms with van der Waals surface area (Å²) in [5.74, 6) is -0.200. The summed E-state index contributed by atoms with van der Waals surface area (Å²) in [6.45, 7) is 10.7. The molecule has 18 heavy (non-hydrogen) atoms. The van der Waals surface area contributed by atoms with Crippen LogP contribution in [0.25, 0.3) is 0 Å². The minimum atomic E-state index is -0.605. The SMILES string of the molecule is C=C(/C=C(\CN=CC)C(C)C)C/C=C(\N)C(N)=O. The van der Waals surface area contributed by atoms with Crippen LogP contribution < -0.4 is 11.5 Å².